The van der Waals surface area contributed by atoms with Crippen LogP contribution in [0.15, 0.2) is 4.99 Å². The number of ether oxygens (including phenoxy) is 1. The summed E-state index contributed by atoms with van der Waals surface area (Å²) in [4.78, 5) is 6.67. The highest BCUT2D eigenvalue weighted by Gasteiger charge is 2.19. The highest BCUT2D eigenvalue weighted by molar-refractivity contribution is 14.0. The Bertz CT molecular complexity index is 254. The van der Waals surface area contributed by atoms with Crippen LogP contribution in [0.1, 0.15) is 32.6 Å². The summed E-state index contributed by atoms with van der Waals surface area (Å²) >= 11 is 0. The molecule has 0 aromatic carbocycles. The largest absolute Gasteiger partial charge is 0.376 e. The van der Waals surface area contributed by atoms with Gasteiger partial charge in [-0.05, 0) is 31.6 Å². The molecule has 100 valence electrons. The number of likely N-dealkylation sites (tertiary alicyclic amines) is 1. The van der Waals surface area contributed by atoms with Crippen LogP contribution in [0.3, 0.4) is 0 Å². The van der Waals surface area contributed by atoms with E-state index in [4.69, 9.17) is 10.5 Å². The predicted molar refractivity (Wildman–Crippen MR) is 80.8 cm³/mol. The number of aliphatic imine (C=N–C) groups is 1. The second kappa shape index (κ2) is 7.41. The summed E-state index contributed by atoms with van der Waals surface area (Å²) in [5.74, 6) is 1.45. The van der Waals surface area contributed by atoms with Crippen LogP contribution in [0.5, 0.6) is 0 Å². The van der Waals surface area contributed by atoms with Crippen LogP contribution in [-0.4, -0.2) is 43.2 Å². The van der Waals surface area contributed by atoms with Crippen LogP contribution in [0, 0.1) is 5.92 Å². The van der Waals surface area contributed by atoms with E-state index in [0.29, 0.717) is 12.1 Å². The minimum atomic E-state index is 0. The molecule has 2 rings (SSSR count). The zero-order valence-electron chi connectivity index (χ0n) is 10.6. The van der Waals surface area contributed by atoms with Gasteiger partial charge in [0, 0.05) is 19.7 Å². The molecular formula is C12H24IN3O. The predicted octanol–water partition coefficient (Wildman–Crippen LogP) is 1.83. The maximum atomic E-state index is 6.01. The molecule has 17 heavy (non-hydrogen) atoms. The van der Waals surface area contributed by atoms with E-state index in [1.807, 2.05) is 0 Å². The number of halogens is 1. The summed E-state index contributed by atoms with van der Waals surface area (Å²) < 4.78 is 5.53. The van der Waals surface area contributed by atoms with E-state index in [-0.39, 0.29) is 24.0 Å². The van der Waals surface area contributed by atoms with Gasteiger partial charge in [0.05, 0.1) is 12.6 Å². The van der Waals surface area contributed by atoms with E-state index in [0.717, 1.165) is 38.6 Å². The molecule has 0 bridgehead atoms. The van der Waals surface area contributed by atoms with Gasteiger partial charge in [0.15, 0.2) is 5.96 Å². The van der Waals surface area contributed by atoms with Crippen molar-refractivity contribution < 1.29 is 4.74 Å². The highest BCUT2D eigenvalue weighted by atomic mass is 127. The first-order valence-electron chi connectivity index (χ1n) is 6.42. The summed E-state index contributed by atoms with van der Waals surface area (Å²) in [5, 5.41) is 0. The topological polar surface area (TPSA) is 50.8 Å². The Morgan fingerprint density at radius 3 is 2.88 bits per heavy atom. The highest BCUT2D eigenvalue weighted by Crippen LogP contribution is 2.15. The van der Waals surface area contributed by atoms with Gasteiger partial charge in [-0.25, -0.2) is 0 Å². The van der Waals surface area contributed by atoms with Crippen molar-refractivity contribution in [1.82, 2.24) is 4.90 Å². The molecule has 2 unspecified atom stereocenters. The first-order chi connectivity index (χ1) is 7.75. The van der Waals surface area contributed by atoms with Crippen molar-refractivity contribution in [2.45, 2.75) is 38.7 Å². The van der Waals surface area contributed by atoms with Crippen LogP contribution in [0.4, 0.5) is 0 Å². The first-order valence-corrected chi connectivity index (χ1v) is 6.42. The van der Waals surface area contributed by atoms with Crippen molar-refractivity contribution in [2.24, 2.45) is 16.6 Å². The Labute approximate surface area is 121 Å². The molecule has 0 aromatic rings. The van der Waals surface area contributed by atoms with Gasteiger partial charge >= 0.3 is 0 Å². The Hall–Kier alpha value is -0.0400. The van der Waals surface area contributed by atoms with Crippen LogP contribution < -0.4 is 5.73 Å². The standard InChI is InChI=1S/C12H23N3O.HI/c1-10-4-2-6-15(9-10)12(13)14-8-11-5-3-7-16-11;/h10-11H,2-9H2,1H3,(H2,13,14);1H. The van der Waals surface area contributed by atoms with Gasteiger partial charge in [-0.15, -0.1) is 24.0 Å². The van der Waals surface area contributed by atoms with E-state index < -0.39 is 0 Å². The Morgan fingerprint density at radius 2 is 2.24 bits per heavy atom. The van der Waals surface area contributed by atoms with Gasteiger partial charge in [-0.1, -0.05) is 6.92 Å². The molecule has 4 nitrogen and oxygen atoms in total. The lowest BCUT2D eigenvalue weighted by atomic mass is 10.0. The van der Waals surface area contributed by atoms with Crippen molar-refractivity contribution >= 4 is 29.9 Å². The third-order valence-electron chi connectivity index (χ3n) is 3.46. The lowest BCUT2D eigenvalue weighted by molar-refractivity contribution is 0.117. The molecule has 5 heteroatoms. The van der Waals surface area contributed by atoms with Gasteiger partial charge in [0.2, 0.25) is 0 Å². The molecule has 0 aromatic heterocycles. The van der Waals surface area contributed by atoms with Crippen molar-refractivity contribution in [1.29, 1.82) is 0 Å². The monoisotopic (exact) mass is 353 g/mol. The second-order valence-electron chi connectivity index (χ2n) is 5.03. The quantitative estimate of drug-likeness (QED) is 0.468. The molecule has 2 aliphatic heterocycles. The zero-order valence-corrected chi connectivity index (χ0v) is 12.9. The van der Waals surface area contributed by atoms with Gasteiger partial charge in [-0.2, -0.15) is 0 Å². The van der Waals surface area contributed by atoms with Gasteiger partial charge in [-0.3, -0.25) is 4.99 Å². The lowest BCUT2D eigenvalue weighted by Gasteiger charge is -2.31. The van der Waals surface area contributed by atoms with Crippen LogP contribution >= 0.6 is 24.0 Å². The molecule has 0 saturated carbocycles. The van der Waals surface area contributed by atoms with E-state index in [2.05, 4.69) is 16.8 Å². The van der Waals surface area contributed by atoms with Crippen LogP contribution in [-0.2, 0) is 4.74 Å². The fourth-order valence-corrected chi connectivity index (χ4v) is 2.48. The molecule has 0 radical (unpaired) electrons. The number of hydrogen-bond acceptors (Lipinski definition) is 2. The SMILES string of the molecule is CC1CCCN(C(N)=NCC2CCCO2)C1.I. The number of nitrogens with zero attached hydrogens (tertiary/aromatic N) is 2. The molecule has 2 N–H and O–H groups in total. The van der Waals surface area contributed by atoms with E-state index >= 15 is 0 Å². The van der Waals surface area contributed by atoms with Crippen molar-refractivity contribution in [3.05, 3.63) is 0 Å². The second-order valence-corrected chi connectivity index (χ2v) is 5.03. The molecule has 2 fully saturated rings. The third-order valence-corrected chi connectivity index (χ3v) is 3.46. The summed E-state index contributed by atoms with van der Waals surface area (Å²) in [7, 11) is 0. The lowest BCUT2D eigenvalue weighted by Crippen LogP contribution is -2.43. The minimum Gasteiger partial charge on any atom is -0.376 e. The van der Waals surface area contributed by atoms with Crippen LogP contribution in [0.2, 0.25) is 0 Å². The number of guanidine groups is 1. The fourth-order valence-electron chi connectivity index (χ4n) is 2.48. The van der Waals surface area contributed by atoms with E-state index in [1.165, 1.54) is 19.3 Å². The fraction of sp³-hybridized carbons (Fsp3) is 0.917. The van der Waals surface area contributed by atoms with Crippen molar-refractivity contribution in [2.75, 3.05) is 26.2 Å². The summed E-state index contributed by atoms with van der Waals surface area (Å²) in [5.41, 5.74) is 6.01. The third kappa shape index (κ3) is 4.62. The maximum Gasteiger partial charge on any atom is 0.191 e. The number of nitrogens with two attached hydrogens (primary N) is 1. The molecule has 2 heterocycles. The molecule has 0 amide bonds. The Morgan fingerprint density at radius 1 is 1.41 bits per heavy atom. The molecule has 0 aliphatic carbocycles. The molecular weight excluding hydrogens is 329 g/mol. The minimum absolute atomic E-state index is 0. The number of piperidine rings is 1. The zero-order chi connectivity index (χ0) is 11.4. The molecule has 2 saturated heterocycles. The molecule has 0 spiro atoms. The summed E-state index contributed by atoms with van der Waals surface area (Å²) in [6.07, 6.45) is 5.15. The average Bonchev–Trinajstić information content (AvgIpc) is 2.78. The first kappa shape index (κ1) is 15.0. The Kier molecular flexibility index (Phi) is 6.54. The normalized spacial score (nSPS) is 30.2. The van der Waals surface area contributed by atoms with Gasteiger partial charge in [0.25, 0.3) is 0 Å². The number of rotatable bonds is 2. The van der Waals surface area contributed by atoms with Crippen LogP contribution in [0.25, 0.3) is 0 Å². The van der Waals surface area contributed by atoms with Gasteiger partial charge < -0.3 is 15.4 Å². The van der Waals surface area contributed by atoms with Gasteiger partial charge in [0.1, 0.15) is 0 Å². The van der Waals surface area contributed by atoms with E-state index in [9.17, 15) is 0 Å². The average molecular weight is 353 g/mol. The maximum absolute atomic E-state index is 6.01. The number of hydrogen-bond donors (Lipinski definition) is 1. The summed E-state index contributed by atoms with van der Waals surface area (Å²) in [6, 6.07) is 0. The molecule has 2 aliphatic rings. The molecule has 2 atom stereocenters. The van der Waals surface area contributed by atoms with Crippen molar-refractivity contribution in [3.63, 3.8) is 0 Å². The van der Waals surface area contributed by atoms with E-state index in [1.54, 1.807) is 0 Å². The Balaban J connectivity index is 0.00000144. The smallest absolute Gasteiger partial charge is 0.191 e. The van der Waals surface area contributed by atoms with Crippen molar-refractivity contribution in [3.8, 4) is 0 Å². The summed E-state index contributed by atoms with van der Waals surface area (Å²) in [6.45, 7) is 6.02.